The number of carboxylic acid groups (broad SMARTS) is 1. The van der Waals surface area contributed by atoms with Gasteiger partial charge in [-0.3, -0.25) is 9.59 Å². The second-order valence-electron chi connectivity index (χ2n) is 7.20. The average molecular weight is 333 g/mol. The van der Waals surface area contributed by atoms with E-state index in [1.54, 1.807) is 4.90 Å². The summed E-state index contributed by atoms with van der Waals surface area (Å²) in [6.45, 7) is 4.87. The molecule has 1 heterocycles. The van der Waals surface area contributed by atoms with E-state index in [1.807, 2.05) is 44.2 Å². The van der Waals surface area contributed by atoms with Gasteiger partial charge in [-0.1, -0.05) is 18.2 Å². The Morgan fingerprint density at radius 1 is 1.29 bits per heavy atom. The van der Waals surface area contributed by atoms with Gasteiger partial charge >= 0.3 is 5.97 Å². The molecule has 130 valence electrons. The van der Waals surface area contributed by atoms with Crippen molar-refractivity contribution in [3.05, 3.63) is 30.3 Å². The van der Waals surface area contributed by atoms with Gasteiger partial charge < -0.3 is 19.5 Å². The van der Waals surface area contributed by atoms with E-state index >= 15 is 0 Å². The molecule has 1 aromatic carbocycles. The SMILES string of the molecule is CC1(C)CN(C(=O)C2(C(=O)O)CC2)CC(COc2ccccc2)O1. The summed E-state index contributed by atoms with van der Waals surface area (Å²) in [5, 5.41) is 9.35. The highest BCUT2D eigenvalue weighted by Gasteiger charge is 2.59. The minimum absolute atomic E-state index is 0.289. The predicted molar refractivity (Wildman–Crippen MR) is 86.8 cm³/mol. The molecule has 1 aliphatic carbocycles. The number of nitrogens with zero attached hydrogens (tertiary/aromatic N) is 1. The molecule has 3 rings (SSSR count). The number of benzene rings is 1. The van der Waals surface area contributed by atoms with Crippen molar-refractivity contribution in [2.45, 2.75) is 38.4 Å². The van der Waals surface area contributed by atoms with Crippen LogP contribution >= 0.6 is 0 Å². The van der Waals surface area contributed by atoms with Gasteiger partial charge in [-0.15, -0.1) is 0 Å². The van der Waals surface area contributed by atoms with E-state index in [4.69, 9.17) is 9.47 Å². The summed E-state index contributed by atoms with van der Waals surface area (Å²) in [5.41, 5.74) is -1.74. The van der Waals surface area contributed by atoms with Crippen molar-refractivity contribution < 1.29 is 24.2 Å². The molecule has 1 aromatic rings. The van der Waals surface area contributed by atoms with E-state index in [0.29, 0.717) is 32.5 Å². The lowest BCUT2D eigenvalue weighted by Crippen LogP contribution is -2.58. The van der Waals surface area contributed by atoms with Crippen molar-refractivity contribution >= 4 is 11.9 Å². The number of hydrogen-bond acceptors (Lipinski definition) is 4. The number of hydrogen-bond donors (Lipinski definition) is 1. The topological polar surface area (TPSA) is 76.1 Å². The zero-order valence-corrected chi connectivity index (χ0v) is 14.0. The first-order chi connectivity index (χ1) is 11.3. The monoisotopic (exact) mass is 333 g/mol. The number of para-hydroxylation sites is 1. The van der Waals surface area contributed by atoms with Crippen LogP contribution in [0.1, 0.15) is 26.7 Å². The first kappa shape index (κ1) is 16.8. The molecular formula is C18H23NO5. The van der Waals surface area contributed by atoms with Crippen LogP contribution in [0.4, 0.5) is 0 Å². The third-order valence-corrected chi connectivity index (χ3v) is 4.52. The number of morpholine rings is 1. The quantitative estimate of drug-likeness (QED) is 0.833. The van der Waals surface area contributed by atoms with E-state index in [-0.39, 0.29) is 12.0 Å². The first-order valence-electron chi connectivity index (χ1n) is 8.21. The Hall–Kier alpha value is -2.08. The summed E-state index contributed by atoms with van der Waals surface area (Å²) in [4.78, 5) is 25.7. The van der Waals surface area contributed by atoms with Gasteiger partial charge in [0.1, 0.15) is 23.9 Å². The molecule has 0 spiro atoms. The number of ether oxygens (including phenoxy) is 2. The van der Waals surface area contributed by atoms with Crippen LogP contribution in [0, 0.1) is 5.41 Å². The maximum Gasteiger partial charge on any atom is 0.319 e. The highest BCUT2D eigenvalue weighted by Crippen LogP contribution is 2.48. The molecule has 1 amide bonds. The first-order valence-corrected chi connectivity index (χ1v) is 8.21. The summed E-state index contributed by atoms with van der Waals surface area (Å²) in [5.74, 6) is -0.573. The molecule has 24 heavy (non-hydrogen) atoms. The van der Waals surface area contributed by atoms with Crippen LogP contribution in [-0.2, 0) is 14.3 Å². The van der Waals surface area contributed by atoms with E-state index < -0.39 is 17.0 Å². The maximum absolute atomic E-state index is 12.7. The Kier molecular flexibility index (Phi) is 4.25. The lowest BCUT2D eigenvalue weighted by molar-refractivity contribution is -0.173. The minimum atomic E-state index is -1.21. The summed E-state index contributed by atoms with van der Waals surface area (Å²) in [7, 11) is 0. The van der Waals surface area contributed by atoms with Gasteiger partial charge in [-0.2, -0.15) is 0 Å². The largest absolute Gasteiger partial charge is 0.491 e. The van der Waals surface area contributed by atoms with E-state index in [1.165, 1.54) is 0 Å². The average Bonchev–Trinajstić information content (AvgIpc) is 3.33. The van der Waals surface area contributed by atoms with Crippen LogP contribution < -0.4 is 4.74 Å². The Bertz CT molecular complexity index is 624. The molecule has 0 bridgehead atoms. The van der Waals surface area contributed by atoms with Crippen molar-refractivity contribution in [1.82, 2.24) is 4.90 Å². The van der Waals surface area contributed by atoms with Crippen molar-refractivity contribution in [2.24, 2.45) is 5.41 Å². The molecule has 2 fully saturated rings. The molecular weight excluding hydrogens is 310 g/mol. The van der Waals surface area contributed by atoms with Crippen molar-refractivity contribution in [2.75, 3.05) is 19.7 Å². The number of carboxylic acids is 1. The third-order valence-electron chi connectivity index (χ3n) is 4.52. The smallest absolute Gasteiger partial charge is 0.319 e. The predicted octanol–water partition coefficient (Wildman–Crippen LogP) is 1.94. The Labute approximate surface area is 141 Å². The highest BCUT2D eigenvalue weighted by molar-refractivity contribution is 6.04. The van der Waals surface area contributed by atoms with Crippen molar-refractivity contribution in [3.8, 4) is 5.75 Å². The van der Waals surface area contributed by atoms with Crippen LogP contribution in [0.2, 0.25) is 0 Å². The van der Waals surface area contributed by atoms with E-state index in [0.717, 1.165) is 5.75 Å². The molecule has 1 unspecified atom stereocenters. The number of rotatable bonds is 5. The highest BCUT2D eigenvalue weighted by atomic mass is 16.5. The van der Waals surface area contributed by atoms with Crippen LogP contribution in [0.25, 0.3) is 0 Å². The van der Waals surface area contributed by atoms with Crippen LogP contribution in [-0.4, -0.2) is 53.3 Å². The lowest BCUT2D eigenvalue weighted by atomic mass is 10.0. The number of aliphatic carboxylic acids is 1. The van der Waals surface area contributed by atoms with E-state index in [9.17, 15) is 14.7 Å². The van der Waals surface area contributed by atoms with Crippen LogP contribution in [0.15, 0.2) is 30.3 Å². The molecule has 1 saturated carbocycles. The zero-order chi connectivity index (χ0) is 17.4. The van der Waals surface area contributed by atoms with Gasteiger partial charge in [-0.05, 0) is 38.8 Å². The molecule has 2 aliphatic rings. The lowest BCUT2D eigenvalue weighted by Gasteiger charge is -2.43. The van der Waals surface area contributed by atoms with Gasteiger partial charge in [-0.25, -0.2) is 0 Å². The summed E-state index contributed by atoms with van der Waals surface area (Å²) < 4.78 is 11.7. The van der Waals surface area contributed by atoms with Crippen molar-refractivity contribution in [1.29, 1.82) is 0 Å². The fourth-order valence-corrected chi connectivity index (χ4v) is 3.19. The summed E-state index contributed by atoms with van der Waals surface area (Å²) >= 11 is 0. The molecule has 0 aromatic heterocycles. The second-order valence-corrected chi connectivity index (χ2v) is 7.20. The number of carbonyl (C=O) groups is 2. The van der Waals surface area contributed by atoms with E-state index in [2.05, 4.69) is 0 Å². The fraction of sp³-hybridized carbons (Fsp3) is 0.556. The number of amides is 1. The minimum Gasteiger partial charge on any atom is -0.491 e. The Morgan fingerprint density at radius 2 is 1.96 bits per heavy atom. The standard InChI is InChI=1S/C18H23NO5/c1-17(2)12-19(15(20)18(8-9-18)16(21)22)10-14(24-17)11-23-13-6-4-3-5-7-13/h3-7,14H,8-12H2,1-2H3,(H,21,22). The number of carbonyl (C=O) groups excluding carboxylic acids is 1. The summed E-state index contributed by atoms with van der Waals surface area (Å²) in [6, 6.07) is 9.41. The normalized spacial score (nSPS) is 24.2. The van der Waals surface area contributed by atoms with Gasteiger partial charge in [0.25, 0.3) is 0 Å². The van der Waals surface area contributed by atoms with Gasteiger partial charge in [0, 0.05) is 6.54 Å². The molecule has 1 atom stereocenters. The summed E-state index contributed by atoms with van der Waals surface area (Å²) in [6.07, 6.45) is 0.552. The molecule has 1 N–H and O–H groups in total. The van der Waals surface area contributed by atoms with Gasteiger partial charge in [0.05, 0.1) is 12.1 Å². The second kappa shape index (κ2) is 6.09. The van der Waals surface area contributed by atoms with Crippen LogP contribution in [0.5, 0.6) is 5.75 Å². The van der Waals surface area contributed by atoms with Crippen LogP contribution in [0.3, 0.4) is 0 Å². The molecule has 6 nitrogen and oxygen atoms in total. The zero-order valence-electron chi connectivity index (χ0n) is 14.0. The maximum atomic E-state index is 12.7. The fourth-order valence-electron chi connectivity index (χ4n) is 3.19. The Morgan fingerprint density at radius 3 is 2.54 bits per heavy atom. The molecule has 6 heteroatoms. The van der Waals surface area contributed by atoms with Crippen molar-refractivity contribution in [3.63, 3.8) is 0 Å². The van der Waals surface area contributed by atoms with Gasteiger partial charge in [0.15, 0.2) is 0 Å². The molecule has 1 saturated heterocycles. The molecule has 1 aliphatic heterocycles. The molecule has 0 radical (unpaired) electrons. The Balaban J connectivity index is 1.66. The third kappa shape index (κ3) is 3.38. The van der Waals surface area contributed by atoms with Gasteiger partial charge in [0.2, 0.25) is 5.91 Å².